The van der Waals surface area contributed by atoms with E-state index in [-0.39, 0.29) is 18.9 Å². The van der Waals surface area contributed by atoms with Crippen molar-refractivity contribution in [3.63, 3.8) is 0 Å². The summed E-state index contributed by atoms with van der Waals surface area (Å²) in [5, 5.41) is 11.4. The van der Waals surface area contributed by atoms with Gasteiger partial charge in [-0.3, -0.25) is 14.9 Å². The molecule has 1 aliphatic rings. The number of nitrogens with zero attached hydrogens (tertiary/aromatic N) is 7. The summed E-state index contributed by atoms with van der Waals surface area (Å²) in [6.07, 6.45) is 5.07. The van der Waals surface area contributed by atoms with Crippen LogP contribution in [0, 0.1) is 16.4 Å². The molecule has 5 heterocycles. The third-order valence-corrected chi connectivity index (χ3v) is 12.1. The third-order valence-electron chi connectivity index (χ3n) is 10.2. The number of ether oxygens (including phenoxy) is 3. The molecule has 0 unspecified atom stereocenters. The SMILES string of the molecule is C=C/C(C[C@@H](Oc1nsc2cnc(-c3cccc(F)c3)c(-c3ccc(OCCN4CCN(C)CC4)c(Cl)c3C)c12)C(=O)O)=C(\C)OCc1ccnc(-c2ccnc(I)c2)n1. The minimum absolute atomic E-state index is 0.0850. The van der Waals surface area contributed by atoms with Crippen LogP contribution in [0.4, 0.5) is 4.39 Å². The van der Waals surface area contributed by atoms with Crippen molar-refractivity contribution >= 4 is 61.8 Å². The van der Waals surface area contributed by atoms with Crippen molar-refractivity contribution in [1.29, 1.82) is 0 Å². The molecule has 60 heavy (non-hydrogen) atoms. The highest BCUT2D eigenvalue weighted by atomic mass is 127. The molecular weight excluding hydrogens is 920 g/mol. The van der Waals surface area contributed by atoms with Crippen LogP contribution in [-0.4, -0.2) is 97.7 Å². The summed E-state index contributed by atoms with van der Waals surface area (Å²) in [7, 11) is 2.12. The fourth-order valence-corrected chi connectivity index (χ4v) is 8.24. The van der Waals surface area contributed by atoms with E-state index in [0.29, 0.717) is 78.3 Å². The van der Waals surface area contributed by atoms with E-state index in [2.05, 4.69) is 65.3 Å². The van der Waals surface area contributed by atoms with Gasteiger partial charge in [0.15, 0.2) is 5.82 Å². The van der Waals surface area contributed by atoms with Crippen LogP contribution in [0.3, 0.4) is 0 Å². The van der Waals surface area contributed by atoms with Crippen molar-refractivity contribution in [3.05, 3.63) is 123 Å². The van der Waals surface area contributed by atoms with Crippen molar-refractivity contribution in [2.24, 2.45) is 0 Å². The van der Waals surface area contributed by atoms with Crippen LogP contribution >= 0.6 is 45.7 Å². The molecule has 1 N–H and O–H groups in total. The molecule has 4 aromatic heterocycles. The summed E-state index contributed by atoms with van der Waals surface area (Å²) in [6.45, 7) is 12.9. The number of hydrogen-bond acceptors (Lipinski definition) is 12. The molecule has 310 valence electrons. The Morgan fingerprint density at radius 2 is 1.88 bits per heavy atom. The number of aromatic nitrogens is 5. The van der Waals surface area contributed by atoms with E-state index in [9.17, 15) is 14.3 Å². The first kappa shape index (κ1) is 43.0. The van der Waals surface area contributed by atoms with Crippen molar-refractivity contribution in [1.82, 2.24) is 34.1 Å². The Labute approximate surface area is 370 Å². The minimum Gasteiger partial charge on any atom is -0.492 e. The molecule has 0 saturated carbocycles. The van der Waals surface area contributed by atoms with Gasteiger partial charge in [-0.15, -0.1) is 0 Å². The van der Waals surface area contributed by atoms with E-state index in [4.69, 9.17) is 30.8 Å². The van der Waals surface area contributed by atoms with Gasteiger partial charge in [0.2, 0.25) is 12.0 Å². The summed E-state index contributed by atoms with van der Waals surface area (Å²) in [5.41, 5.74) is 4.89. The maximum absolute atomic E-state index is 14.7. The van der Waals surface area contributed by atoms with Gasteiger partial charge in [-0.2, -0.15) is 4.37 Å². The first-order chi connectivity index (χ1) is 29.0. The van der Waals surface area contributed by atoms with Gasteiger partial charge in [0.05, 0.1) is 32.3 Å². The molecule has 0 bridgehead atoms. The van der Waals surface area contributed by atoms with Crippen molar-refractivity contribution in [3.8, 4) is 45.4 Å². The van der Waals surface area contributed by atoms with Crippen LogP contribution in [0.5, 0.6) is 11.6 Å². The molecule has 0 radical (unpaired) electrons. The smallest absolute Gasteiger partial charge is 0.345 e. The number of carboxylic acids is 1. The number of rotatable bonds is 16. The van der Waals surface area contributed by atoms with Gasteiger partial charge in [-0.05, 0) is 108 Å². The topological polar surface area (TPSA) is 136 Å². The monoisotopic (exact) mass is 961 g/mol. The Bertz CT molecular complexity index is 2570. The molecule has 0 spiro atoms. The zero-order valence-corrected chi connectivity index (χ0v) is 36.9. The molecule has 1 aliphatic heterocycles. The summed E-state index contributed by atoms with van der Waals surface area (Å²) in [6, 6.07) is 15.3. The molecular formula is C44H42ClFIN7O5S. The van der Waals surface area contributed by atoms with Crippen molar-refractivity contribution < 1.29 is 28.5 Å². The first-order valence-corrected chi connectivity index (χ1v) is 21.4. The van der Waals surface area contributed by atoms with Gasteiger partial charge in [0.25, 0.3) is 0 Å². The lowest BCUT2D eigenvalue weighted by Gasteiger charge is -2.32. The van der Waals surface area contributed by atoms with Crippen LogP contribution in [0.1, 0.15) is 24.6 Å². The van der Waals surface area contributed by atoms with Crippen LogP contribution in [0.15, 0.2) is 97.2 Å². The quantitative estimate of drug-likeness (QED) is 0.0429. The molecule has 7 rings (SSSR count). The second kappa shape index (κ2) is 19.5. The van der Waals surface area contributed by atoms with Gasteiger partial charge in [0, 0.05) is 74.4 Å². The van der Waals surface area contributed by atoms with Crippen LogP contribution in [0.2, 0.25) is 5.02 Å². The third kappa shape index (κ3) is 10.1. The van der Waals surface area contributed by atoms with Gasteiger partial charge in [0.1, 0.15) is 28.5 Å². The lowest BCUT2D eigenvalue weighted by atomic mass is 9.93. The van der Waals surface area contributed by atoms with E-state index in [1.165, 1.54) is 12.1 Å². The standard InChI is InChI=1S/C44H42ClFIN7O5S/c1-5-28(27(3)58-25-32-12-14-49-42(51-32)30-11-13-48-37(47)23-30)22-35(44(55)56)59-43-39-36(60-52-43)24-50-41(29-7-6-8-31(46)21-29)38(39)33-9-10-34(40(45)26(33)2)57-20-19-54-17-15-53(4)16-18-54/h5-14,21,23-24,35H,1,15-20,22,25H2,2-4H3,(H,55,56)/b28-27-/t35-/m1/s1. The Balaban J connectivity index is 1.18. The predicted octanol–water partition coefficient (Wildman–Crippen LogP) is 9.11. The summed E-state index contributed by atoms with van der Waals surface area (Å²) in [4.78, 5) is 35.6. The van der Waals surface area contributed by atoms with E-state index in [1.807, 2.05) is 31.2 Å². The number of pyridine rings is 2. The number of benzene rings is 2. The highest BCUT2D eigenvalue weighted by Crippen LogP contribution is 2.46. The number of halogens is 3. The zero-order valence-electron chi connectivity index (χ0n) is 33.2. The van der Waals surface area contributed by atoms with Gasteiger partial charge < -0.3 is 24.2 Å². The van der Waals surface area contributed by atoms with E-state index >= 15 is 0 Å². The minimum atomic E-state index is -1.39. The number of fused-ring (bicyclic) bond motifs is 1. The average molecular weight is 962 g/mol. The highest BCUT2D eigenvalue weighted by Gasteiger charge is 2.28. The Hall–Kier alpha value is -5.07. The van der Waals surface area contributed by atoms with Gasteiger partial charge in [-0.1, -0.05) is 42.5 Å². The van der Waals surface area contributed by atoms with Gasteiger partial charge >= 0.3 is 5.97 Å². The first-order valence-electron chi connectivity index (χ1n) is 19.1. The summed E-state index contributed by atoms with van der Waals surface area (Å²) >= 11 is 10.3. The fraction of sp³-hybridized carbons (Fsp3) is 0.273. The van der Waals surface area contributed by atoms with Gasteiger partial charge in [-0.25, -0.2) is 19.2 Å². The number of allylic oxidation sites excluding steroid dienone is 2. The van der Waals surface area contributed by atoms with Crippen LogP contribution < -0.4 is 9.47 Å². The molecule has 1 atom stereocenters. The molecule has 0 amide bonds. The molecule has 0 aliphatic carbocycles. The predicted molar refractivity (Wildman–Crippen MR) is 240 cm³/mol. The van der Waals surface area contributed by atoms with E-state index in [0.717, 1.165) is 53.5 Å². The molecule has 1 fully saturated rings. The molecule has 12 nitrogen and oxygen atoms in total. The van der Waals surface area contributed by atoms with Crippen molar-refractivity contribution in [2.45, 2.75) is 33.0 Å². The number of carboxylic acid groups (broad SMARTS) is 1. The largest absolute Gasteiger partial charge is 0.492 e. The molecule has 2 aromatic carbocycles. The Morgan fingerprint density at radius 3 is 2.63 bits per heavy atom. The number of hydrogen-bond donors (Lipinski definition) is 1. The van der Waals surface area contributed by atoms with Crippen LogP contribution in [-0.2, 0) is 16.1 Å². The number of likely N-dealkylation sites (N-methyl/N-ethyl adjacent to an activating group) is 1. The Morgan fingerprint density at radius 1 is 1.08 bits per heavy atom. The Kier molecular flexibility index (Phi) is 14.0. The second-order valence-electron chi connectivity index (χ2n) is 14.2. The molecule has 6 aromatic rings. The number of piperazine rings is 1. The average Bonchev–Trinajstić information content (AvgIpc) is 3.66. The second-order valence-corrected chi connectivity index (χ2v) is 16.5. The zero-order chi connectivity index (χ0) is 42.3. The summed E-state index contributed by atoms with van der Waals surface area (Å²) in [5.74, 6) is -0.0393. The van der Waals surface area contributed by atoms with E-state index in [1.54, 1.807) is 49.8 Å². The number of aliphatic carboxylic acids is 1. The lowest BCUT2D eigenvalue weighted by molar-refractivity contribution is -0.145. The maximum Gasteiger partial charge on any atom is 0.345 e. The lowest BCUT2D eigenvalue weighted by Crippen LogP contribution is -2.45. The normalized spacial score (nSPS) is 14.4. The number of carbonyl (C=O) groups is 1. The van der Waals surface area contributed by atoms with Crippen LogP contribution in [0.25, 0.3) is 43.9 Å². The molecule has 1 saturated heterocycles. The highest BCUT2D eigenvalue weighted by molar-refractivity contribution is 14.1. The fourth-order valence-electron chi connectivity index (χ4n) is 6.82. The summed E-state index contributed by atoms with van der Waals surface area (Å²) < 4.78 is 39.4. The molecule has 16 heteroatoms. The van der Waals surface area contributed by atoms with E-state index < -0.39 is 17.9 Å². The maximum atomic E-state index is 14.7. The van der Waals surface area contributed by atoms with Crippen molar-refractivity contribution in [2.75, 3.05) is 46.4 Å².